The first-order chi connectivity index (χ1) is 17.2. The number of nitrogens with one attached hydrogen (secondary N) is 3. The predicted molar refractivity (Wildman–Crippen MR) is 139 cm³/mol. The number of carbonyl (C=O) groups excluding carboxylic acids is 4. The SMILES string of the molecule is CCC(C)C(NC(=O)C(NC(=O)C(CCCN=C(N)N)NC(=O)C(N)CCC(N)=O)C(C)CC)C(=O)O. The van der Waals surface area contributed by atoms with E-state index in [9.17, 15) is 29.1 Å². The summed E-state index contributed by atoms with van der Waals surface area (Å²) < 4.78 is 0. The number of hydrogen-bond acceptors (Lipinski definition) is 7. The van der Waals surface area contributed by atoms with E-state index in [0.717, 1.165) is 0 Å². The van der Waals surface area contributed by atoms with Crippen LogP contribution in [0.25, 0.3) is 0 Å². The fourth-order valence-corrected chi connectivity index (χ4v) is 3.36. The number of nitrogens with two attached hydrogens (primary N) is 4. The zero-order chi connectivity index (χ0) is 28.7. The topological polar surface area (TPSA) is 258 Å². The average molecular weight is 529 g/mol. The maximum atomic E-state index is 13.2. The molecule has 37 heavy (non-hydrogen) atoms. The van der Waals surface area contributed by atoms with Gasteiger partial charge in [0.15, 0.2) is 5.96 Å². The highest BCUT2D eigenvalue weighted by atomic mass is 16.4. The van der Waals surface area contributed by atoms with E-state index in [1.165, 1.54) is 0 Å². The molecule has 0 radical (unpaired) electrons. The molecule has 0 aromatic heterocycles. The Morgan fingerprint density at radius 1 is 0.811 bits per heavy atom. The Morgan fingerprint density at radius 2 is 1.35 bits per heavy atom. The summed E-state index contributed by atoms with van der Waals surface area (Å²) >= 11 is 0. The second kappa shape index (κ2) is 17.1. The number of hydrogen-bond donors (Lipinski definition) is 8. The number of guanidine groups is 1. The van der Waals surface area contributed by atoms with Crippen molar-refractivity contribution >= 4 is 35.6 Å². The highest BCUT2D eigenvalue weighted by Gasteiger charge is 2.34. The Balaban J connectivity index is 5.70. The smallest absolute Gasteiger partial charge is 0.326 e. The van der Waals surface area contributed by atoms with E-state index in [0.29, 0.717) is 19.3 Å². The van der Waals surface area contributed by atoms with Gasteiger partial charge >= 0.3 is 5.97 Å². The van der Waals surface area contributed by atoms with Gasteiger partial charge in [-0.1, -0.05) is 40.5 Å². The summed E-state index contributed by atoms with van der Waals surface area (Å²) in [6, 6.07) is -4.35. The van der Waals surface area contributed by atoms with Crippen LogP contribution in [-0.2, 0) is 24.0 Å². The van der Waals surface area contributed by atoms with Gasteiger partial charge < -0.3 is 44.0 Å². The van der Waals surface area contributed by atoms with Crippen LogP contribution in [0.1, 0.15) is 66.2 Å². The number of amides is 4. The molecule has 0 aliphatic carbocycles. The summed E-state index contributed by atoms with van der Waals surface area (Å²) in [7, 11) is 0. The second-order valence-electron chi connectivity index (χ2n) is 9.20. The van der Waals surface area contributed by atoms with Crippen molar-refractivity contribution in [3.63, 3.8) is 0 Å². The third-order valence-electron chi connectivity index (χ3n) is 6.19. The second-order valence-corrected chi connectivity index (χ2v) is 9.20. The molecule has 14 heteroatoms. The fraction of sp³-hybridized carbons (Fsp3) is 0.739. The maximum Gasteiger partial charge on any atom is 0.326 e. The van der Waals surface area contributed by atoms with Crippen molar-refractivity contribution in [2.75, 3.05) is 6.54 Å². The van der Waals surface area contributed by atoms with E-state index < -0.39 is 53.8 Å². The molecule has 0 bridgehead atoms. The quantitative estimate of drug-likeness (QED) is 0.0569. The molecule has 0 heterocycles. The van der Waals surface area contributed by atoms with Crippen LogP contribution >= 0.6 is 0 Å². The highest BCUT2D eigenvalue weighted by Crippen LogP contribution is 2.13. The molecule has 0 spiro atoms. The van der Waals surface area contributed by atoms with Crippen LogP contribution in [0.15, 0.2) is 4.99 Å². The van der Waals surface area contributed by atoms with Gasteiger partial charge in [-0.05, 0) is 31.1 Å². The molecule has 0 aliphatic rings. The molecule has 0 saturated heterocycles. The normalized spacial score (nSPS) is 15.7. The number of carbonyl (C=O) groups is 5. The van der Waals surface area contributed by atoms with Crippen LogP contribution in [0, 0.1) is 11.8 Å². The minimum Gasteiger partial charge on any atom is -0.480 e. The van der Waals surface area contributed by atoms with Gasteiger partial charge in [-0.3, -0.25) is 24.2 Å². The molecule has 14 nitrogen and oxygen atoms in total. The van der Waals surface area contributed by atoms with Crippen LogP contribution < -0.4 is 38.9 Å². The third-order valence-corrected chi connectivity index (χ3v) is 6.19. The van der Waals surface area contributed by atoms with Gasteiger partial charge in [0.05, 0.1) is 6.04 Å². The summed E-state index contributed by atoms with van der Waals surface area (Å²) in [5.41, 5.74) is 21.6. The molecule has 0 rings (SSSR count). The lowest BCUT2D eigenvalue weighted by Crippen LogP contribution is -2.59. The van der Waals surface area contributed by atoms with E-state index in [2.05, 4.69) is 20.9 Å². The molecule has 6 unspecified atom stereocenters. The van der Waals surface area contributed by atoms with Crippen molar-refractivity contribution in [2.45, 2.75) is 90.4 Å². The van der Waals surface area contributed by atoms with Crippen LogP contribution in [0.3, 0.4) is 0 Å². The van der Waals surface area contributed by atoms with Crippen molar-refractivity contribution in [1.29, 1.82) is 0 Å². The lowest BCUT2D eigenvalue weighted by atomic mass is 9.95. The van der Waals surface area contributed by atoms with Gasteiger partial charge in [-0.2, -0.15) is 0 Å². The fourth-order valence-electron chi connectivity index (χ4n) is 3.36. The minimum atomic E-state index is -1.17. The first-order valence-electron chi connectivity index (χ1n) is 12.5. The number of nitrogens with zero attached hydrogens (tertiary/aromatic N) is 1. The van der Waals surface area contributed by atoms with Gasteiger partial charge in [-0.25, -0.2) is 4.79 Å². The molecule has 0 aromatic rings. The molecule has 0 aromatic carbocycles. The Morgan fingerprint density at radius 3 is 1.84 bits per heavy atom. The first-order valence-corrected chi connectivity index (χ1v) is 12.5. The molecule has 6 atom stereocenters. The van der Waals surface area contributed by atoms with Crippen molar-refractivity contribution in [1.82, 2.24) is 16.0 Å². The van der Waals surface area contributed by atoms with Gasteiger partial charge in [0.25, 0.3) is 0 Å². The predicted octanol–water partition coefficient (Wildman–Crippen LogP) is -1.74. The lowest BCUT2D eigenvalue weighted by Gasteiger charge is -2.29. The van der Waals surface area contributed by atoms with Crippen molar-refractivity contribution in [3.8, 4) is 0 Å². The van der Waals surface area contributed by atoms with E-state index in [1.54, 1.807) is 13.8 Å². The number of primary amides is 1. The monoisotopic (exact) mass is 528 g/mol. The molecule has 4 amide bonds. The lowest BCUT2D eigenvalue weighted by molar-refractivity contribution is -0.144. The zero-order valence-corrected chi connectivity index (χ0v) is 22.2. The highest BCUT2D eigenvalue weighted by molar-refractivity contribution is 5.94. The number of aliphatic imine (C=N–C) groups is 1. The summed E-state index contributed by atoms with van der Waals surface area (Å²) in [5, 5.41) is 17.3. The molecule has 0 fully saturated rings. The molecule has 0 saturated carbocycles. The maximum absolute atomic E-state index is 13.2. The van der Waals surface area contributed by atoms with Crippen molar-refractivity contribution in [2.24, 2.45) is 39.8 Å². The van der Waals surface area contributed by atoms with E-state index in [4.69, 9.17) is 22.9 Å². The minimum absolute atomic E-state index is 0.00635. The number of carboxylic acids is 1. The van der Waals surface area contributed by atoms with Crippen LogP contribution in [0.5, 0.6) is 0 Å². The van der Waals surface area contributed by atoms with Crippen molar-refractivity contribution in [3.05, 3.63) is 0 Å². The molecular weight excluding hydrogens is 484 g/mol. The van der Waals surface area contributed by atoms with E-state index in [-0.39, 0.29) is 43.6 Å². The third kappa shape index (κ3) is 12.9. The Hall–Kier alpha value is -3.42. The van der Waals surface area contributed by atoms with Gasteiger partial charge in [0.2, 0.25) is 23.6 Å². The van der Waals surface area contributed by atoms with E-state index >= 15 is 0 Å². The van der Waals surface area contributed by atoms with Crippen LogP contribution in [0.2, 0.25) is 0 Å². The number of carboxylic acid groups (broad SMARTS) is 1. The standard InChI is InChI=1S/C23H44N8O6/c1-5-12(3)17(21(35)31-18(22(36)37)13(4)6-2)30-20(34)15(8-7-11-28-23(26)27)29-19(33)14(24)9-10-16(25)32/h12-15,17-18H,5-11,24H2,1-4H3,(H2,25,32)(H,29,33)(H,30,34)(H,31,35)(H,36,37)(H4,26,27,28). The Kier molecular flexibility index (Phi) is 15.5. The molecule has 12 N–H and O–H groups in total. The summed E-state index contributed by atoms with van der Waals surface area (Å²) in [6.45, 7) is 7.28. The van der Waals surface area contributed by atoms with Crippen LogP contribution in [0.4, 0.5) is 0 Å². The Bertz CT molecular complexity index is 817. The molecular formula is C23H44N8O6. The Labute approximate surface area is 217 Å². The van der Waals surface area contributed by atoms with Crippen molar-refractivity contribution < 1.29 is 29.1 Å². The molecule has 212 valence electrons. The van der Waals surface area contributed by atoms with E-state index in [1.807, 2.05) is 13.8 Å². The van der Waals surface area contributed by atoms with Gasteiger partial charge in [-0.15, -0.1) is 0 Å². The summed E-state index contributed by atoms with van der Waals surface area (Å²) in [4.78, 5) is 65.4. The first kappa shape index (κ1) is 33.6. The van der Waals surface area contributed by atoms with Gasteiger partial charge in [0, 0.05) is 13.0 Å². The molecule has 0 aliphatic heterocycles. The number of aliphatic carboxylic acids is 1. The zero-order valence-electron chi connectivity index (χ0n) is 22.2. The average Bonchev–Trinajstić information content (AvgIpc) is 2.84. The number of rotatable bonds is 18. The largest absolute Gasteiger partial charge is 0.480 e. The van der Waals surface area contributed by atoms with Gasteiger partial charge in [0.1, 0.15) is 18.1 Å². The summed E-state index contributed by atoms with van der Waals surface area (Å²) in [6.07, 6.45) is 1.37. The summed E-state index contributed by atoms with van der Waals surface area (Å²) in [5.74, 6) is -4.56. The van der Waals surface area contributed by atoms with Crippen LogP contribution in [-0.4, -0.2) is 71.4 Å².